The van der Waals surface area contributed by atoms with E-state index in [2.05, 4.69) is 9.97 Å². The number of aromatic nitrogens is 2. The molecule has 0 aliphatic heterocycles. The van der Waals surface area contributed by atoms with Crippen LogP contribution in [0, 0.1) is 5.82 Å². The van der Waals surface area contributed by atoms with E-state index in [-0.39, 0.29) is 10.5 Å². The van der Waals surface area contributed by atoms with Crippen molar-refractivity contribution in [3.05, 3.63) is 48.2 Å². The highest BCUT2D eigenvalue weighted by Crippen LogP contribution is 2.28. The van der Waals surface area contributed by atoms with Gasteiger partial charge in [0.2, 0.25) is 0 Å². The standard InChI is InChI=1S/C11H7FN2O2S/c12-8-2-1-7(11(15)16)5-9(8)17-10-6-13-3-4-14-10/h1-6H,(H,15,16). The molecule has 0 bridgehead atoms. The van der Waals surface area contributed by atoms with Crippen LogP contribution in [0.25, 0.3) is 0 Å². The minimum absolute atomic E-state index is 0.0396. The number of rotatable bonds is 3. The zero-order valence-electron chi connectivity index (χ0n) is 8.50. The molecule has 0 aliphatic carbocycles. The summed E-state index contributed by atoms with van der Waals surface area (Å²) in [6, 6.07) is 3.62. The Morgan fingerprint density at radius 3 is 2.82 bits per heavy atom. The monoisotopic (exact) mass is 250 g/mol. The van der Waals surface area contributed by atoms with Crippen LogP contribution in [0.2, 0.25) is 0 Å². The smallest absolute Gasteiger partial charge is 0.335 e. The SMILES string of the molecule is O=C(O)c1ccc(F)c(Sc2cnccn2)c1. The summed E-state index contributed by atoms with van der Waals surface area (Å²) in [6.45, 7) is 0. The number of carbonyl (C=O) groups is 1. The highest BCUT2D eigenvalue weighted by atomic mass is 32.2. The molecule has 0 unspecified atom stereocenters. The summed E-state index contributed by atoms with van der Waals surface area (Å²) >= 11 is 1.03. The summed E-state index contributed by atoms with van der Waals surface area (Å²) < 4.78 is 13.5. The maximum atomic E-state index is 13.5. The van der Waals surface area contributed by atoms with Crippen LogP contribution >= 0.6 is 11.8 Å². The normalized spacial score (nSPS) is 10.2. The Balaban J connectivity index is 2.32. The Kier molecular flexibility index (Phi) is 3.34. The lowest BCUT2D eigenvalue weighted by Crippen LogP contribution is -1.97. The molecule has 0 saturated heterocycles. The van der Waals surface area contributed by atoms with Crippen molar-refractivity contribution < 1.29 is 14.3 Å². The van der Waals surface area contributed by atoms with Crippen LogP contribution in [0.5, 0.6) is 0 Å². The van der Waals surface area contributed by atoms with Gasteiger partial charge < -0.3 is 5.11 Å². The molecule has 1 N–H and O–H groups in total. The maximum absolute atomic E-state index is 13.5. The summed E-state index contributed by atoms with van der Waals surface area (Å²) in [5.41, 5.74) is 0.0396. The molecule has 2 rings (SSSR count). The van der Waals surface area contributed by atoms with Gasteiger partial charge in [0.25, 0.3) is 0 Å². The van der Waals surface area contributed by atoms with Gasteiger partial charge in [0.15, 0.2) is 0 Å². The first kappa shape index (κ1) is 11.5. The first-order chi connectivity index (χ1) is 8.16. The van der Waals surface area contributed by atoms with E-state index >= 15 is 0 Å². The lowest BCUT2D eigenvalue weighted by molar-refractivity contribution is 0.0696. The van der Waals surface area contributed by atoms with Gasteiger partial charge in [0, 0.05) is 12.4 Å². The van der Waals surface area contributed by atoms with Gasteiger partial charge in [-0.3, -0.25) is 4.98 Å². The van der Waals surface area contributed by atoms with Gasteiger partial charge in [0.1, 0.15) is 10.8 Å². The van der Waals surface area contributed by atoms with Crippen LogP contribution in [0.3, 0.4) is 0 Å². The second-order valence-corrected chi connectivity index (χ2v) is 4.16. The zero-order valence-corrected chi connectivity index (χ0v) is 9.32. The topological polar surface area (TPSA) is 63.1 Å². The summed E-state index contributed by atoms with van der Waals surface area (Å²) in [4.78, 5) is 18.8. The fourth-order valence-corrected chi connectivity index (χ4v) is 1.97. The number of carboxylic acid groups (broad SMARTS) is 1. The van der Waals surface area contributed by atoms with Crippen molar-refractivity contribution in [2.45, 2.75) is 9.92 Å². The van der Waals surface area contributed by atoms with Crippen molar-refractivity contribution in [1.82, 2.24) is 9.97 Å². The van der Waals surface area contributed by atoms with Gasteiger partial charge in [-0.05, 0) is 18.2 Å². The molecule has 1 heterocycles. The molecule has 0 spiro atoms. The lowest BCUT2D eigenvalue weighted by Gasteiger charge is -2.03. The molecule has 0 atom stereocenters. The maximum Gasteiger partial charge on any atom is 0.335 e. The number of benzene rings is 1. The van der Waals surface area contributed by atoms with Crippen LogP contribution in [-0.2, 0) is 0 Å². The van der Waals surface area contributed by atoms with Crippen molar-refractivity contribution in [3.8, 4) is 0 Å². The third-order valence-corrected chi connectivity index (χ3v) is 2.88. The second kappa shape index (κ2) is 4.92. The summed E-state index contributed by atoms with van der Waals surface area (Å²) in [7, 11) is 0. The molecular weight excluding hydrogens is 243 g/mol. The second-order valence-electron chi connectivity index (χ2n) is 3.10. The number of halogens is 1. The van der Waals surface area contributed by atoms with E-state index in [1.165, 1.54) is 30.7 Å². The summed E-state index contributed by atoms with van der Waals surface area (Å²) in [5, 5.41) is 9.31. The Labute approximate surface area is 101 Å². The molecule has 17 heavy (non-hydrogen) atoms. The average molecular weight is 250 g/mol. The largest absolute Gasteiger partial charge is 0.478 e. The molecule has 0 amide bonds. The van der Waals surface area contributed by atoms with Gasteiger partial charge in [-0.15, -0.1) is 0 Å². The number of hydrogen-bond donors (Lipinski definition) is 1. The molecule has 1 aromatic heterocycles. The van der Waals surface area contributed by atoms with Gasteiger partial charge in [-0.1, -0.05) is 11.8 Å². The van der Waals surface area contributed by atoms with Crippen LogP contribution in [-0.4, -0.2) is 21.0 Å². The number of aromatic carboxylic acids is 1. The summed E-state index contributed by atoms with van der Waals surface area (Å²) in [6.07, 6.45) is 4.48. The van der Waals surface area contributed by atoms with Crippen LogP contribution in [0.1, 0.15) is 10.4 Å². The van der Waals surface area contributed by atoms with E-state index in [0.29, 0.717) is 5.03 Å². The fraction of sp³-hybridized carbons (Fsp3) is 0. The number of nitrogens with zero attached hydrogens (tertiary/aromatic N) is 2. The van der Waals surface area contributed by atoms with Crippen LogP contribution in [0.15, 0.2) is 46.7 Å². The van der Waals surface area contributed by atoms with Crippen LogP contribution in [0.4, 0.5) is 4.39 Å². The zero-order chi connectivity index (χ0) is 12.3. The minimum atomic E-state index is -1.09. The Hall–Kier alpha value is -1.95. The van der Waals surface area contributed by atoms with Crippen molar-refractivity contribution in [2.24, 2.45) is 0 Å². The lowest BCUT2D eigenvalue weighted by atomic mass is 10.2. The van der Waals surface area contributed by atoms with E-state index in [4.69, 9.17) is 5.11 Å². The van der Waals surface area contributed by atoms with Crippen LogP contribution < -0.4 is 0 Å². The number of hydrogen-bond acceptors (Lipinski definition) is 4. The van der Waals surface area contributed by atoms with E-state index < -0.39 is 11.8 Å². The molecule has 86 valence electrons. The first-order valence-corrected chi connectivity index (χ1v) is 5.45. The predicted molar refractivity (Wildman–Crippen MR) is 59.5 cm³/mol. The van der Waals surface area contributed by atoms with E-state index in [1.54, 1.807) is 0 Å². The van der Waals surface area contributed by atoms with Gasteiger partial charge in [0.05, 0.1) is 16.7 Å². The Bertz CT molecular complexity index is 548. The Morgan fingerprint density at radius 1 is 1.35 bits per heavy atom. The van der Waals surface area contributed by atoms with Crippen molar-refractivity contribution >= 4 is 17.7 Å². The van der Waals surface area contributed by atoms with Gasteiger partial charge >= 0.3 is 5.97 Å². The highest BCUT2D eigenvalue weighted by Gasteiger charge is 2.10. The average Bonchev–Trinajstić information content (AvgIpc) is 2.33. The molecule has 2 aromatic rings. The molecule has 0 aliphatic rings. The third-order valence-electron chi connectivity index (χ3n) is 1.93. The molecule has 0 saturated carbocycles. The first-order valence-electron chi connectivity index (χ1n) is 4.63. The van der Waals surface area contributed by atoms with E-state index in [0.717, 1.165) is 17.8 Å². The molecule has 4 nitrogen and oxygen atoms in total. The fourth-order valence-electron chi connectivity index (χ4n) is 1.17. The van der Waals surface area contributed by atoms with Crippen molar-refractivity contribution in [1.29, 1.82) is 0 Å². The molecular formula is C11H7FN2O2S. The van der Waals surface area contributed by atoms with Gasteiger partial charge in [-0.25, -0.2) is 14.2 Å². The molecule has 0 fully saturated rings. The minimum Gasteiger partial charge on any atom is -0.478 e. The molecule has 1 aromatic carbocycles. The highest BCUT2D eigenvalue weighted by molar-refractivity contribution is 7.99. The predicted octanol–water partition coefficient (Wildman–Crippen LogP) is 2.47. The summed E-state index contributed by atoms with van der Waals surface area (Å²) in [5.74, 6) is -1.57. The quantitative estimate of drug-likeness (QED) is 0.906. The Morgan fingerprint density at radius 2 is 2.18 bits per heavy atom. The third kappa shape index (κ3) is 2.79. The molecule has 6 heteroatoms. The molecule has 0 radical (unpaired) electrons. The van der Waals surface area contributed by atoms with E-state index in [9.17, 15) is 9.18 Å². The van der Waals surface area contributed by atoms with Crippen molar-refractivity contribution in [3.63, 3.8) is 0 Å². The van der Waals surface area contributed by atoms with Crippen molar-refractivity contribution in [2.75, 3.05) is 0 Å². The van der Waals surface area contributed by atoms with Gasteiger partial charge in [-0.2, -0.15) is 0 Å². The number of carboxylic acids is 1. The van der Waals surface area contributed by atoms with E-state index in [1.807, 2.05) is 0 Å².